The number of hydrogen-bond donors (Lipinski definition) is 2. The number of nitrogens with one attached hydrogen (secondary N) is 2. The van der Waals surface area contributed by atoms with Crippen LogP contribution in [0, 0.1) is 5.92 Å². The lowest BCUT2D eigenvalue weighted by atomic mass is 9.95. The molecule has 1 aliphatic heterocycles. The largest absolute Gasteiger partial charge is 0.361 e. The highest BCUT2D eigenvalue weighted by molar-refractivity contribution is 7.89. The molecule has 30 heavy (non-hydrogen) atoms. The zero-order valence-electron chi connectivity index (χ0n) is 17.2. The molecule has 1 saturated heterocycles. The van der Waals surface area contributed by atoms with Crippen molar-refractivity contribution < 1.29 is 8.42 Å². The summed E-state index contributed by atoms with van der Waals surface area (Å²) in [7, 11) is -1.57. The van der Waals surface area contributed by atoms with E-state index in [4.69, 9.17) is 0 Å². The number of nitrogens with zero attached hydrogens (tertiary/aromatic N) is 2. The van der Waals surface area contributed by atoms with Crippen LogP contribution in [0.15, 0.2) is 65.8 Å². The minimum absolute atomic E-state index is 0.00343. The number of para-hydroxylation sites is 1. The predicted molar refractivity (Wildman–Crippen MR) is 120 cm³/mol. The molecule has 0 unspecified atom stereocenters. The molecular formula is C23H26N4O2S. The molecule has 6 nitrogen and oxygen atoms in total. The van der Waals surface area contributed by atoms with E-state index in [0.717, 1.165) is 29.5 Å². The molecule has 2 aromatic heterocycles. The van der Waals surface area contributed by atoms with Crippen molar-refractivity contribution in [3.8, 4) is 0 Å². The molecule has 156 valence electrons. The van der Waals surface area contributed by atoms with Gasteiger partial charge in [-0.15, -0.1) is 0 Å². The first-order chi connectivity index (χ1) is 14.4. The van der Waals surface area contributed by atoms with Gasteiger partial charge in [0.2, 0.25) is 10.0 Å². The molecule has 0 spiro atoms. The van der Waals surface area contributed by atoms with Crippen LogP contribution in [0.25, 0.3) is 21.8 Å². The third kappa shape index (κ3) is 3.33. The van der Waals surface area contributed by atoms with Gasteiger partial charge in [-0.25, -0.2) is 13.1 Å². The summed E-state index contributed by atoms with van der Waals surface area (Å²) in [6.45, 7) is 4.52. The normalized spacial score (nSPS) is 16.9. The highest BCUT2D eigenvalue weighted by Crippen LogP contribution is 2.34. The summed E-state index contributed by atoms with van der Waals surface area (Å²) >= 11 is 0. The number of benzene rings is 2. The maximum absolute atomic E-state index is 13.0. The van der Waals surface area contributed by atoms with Crippen molar-refractivity contribution in [2.24, 2.45) is 13.0 Å². The van der Waals surface area contributed by atoms with Crippen LogP contribution in [0.5, 0.6) is 0 Å². The van der Waals surface area contributed by atoms with Crippen LogP contribution < -0.4 is 4.72 Å². The lowest BCUT2D eigenvalue weighted by molar-refractivity contribution is 0.0644. The minimum Gasteiger partial charge on any atom is -0.361 e. The molecule has 4 aromatic rings. The summed E-state index contributed by atoms with van der Waals surface area (Å²) in [6.07, 6.45) is 3.95. The van der Waals surface area contributed by atoms with Gasteiger partial charge in [0.25, 0.3) is 0 Å². The second-order valence-electron chi connectivity index (χ2n) is 8.37. The summed E-state index contributed by atoms with van der Waals surface area (Å²) in [4.78, 5) is 5.73. The van der Waals surface area contributed by atoms with Crippen molar-refractivity contribution in [3.63, 3.8) is 0 Å². The smallest absolute Gasteiger partial charge is 0.240 e. The summed E-state index contributed by atoms with van der Waals surface area (Å²) < 4.78 is 31.1. The number of H-pyrrole nitrogens is 1. The molecule has 2 aromatic carbocycles. The second kappa shape index (κ2) is 7.27. The zero-order chi connectivity index (χ0) is 20.9. The summed E-state index contributed by atoms with van der Waals surface area (Å²) in [6, 6.07) is 15.4. The van der Waals surface area contributed by atoms with Crippen molar-refractivity contribution in [2.75, 3.05) is 19.6 Å². The fraction of sp³-hybridized carbons (Fsp3) is 0.304. The molecule has 1 aliphatic rings. The number of aromatic amines is 1. The molecule has 2 N–H and O–H groups in total. The SMILES string of the molecule is CC1CN([C@H](CNS(=O)(=O)c2ccc3cc[nH]c3c2)c2cn(C)c3ccccc23)C1. The summed E-state index contributed by atoms with van der Waals surface area (Å²) in [5.74, 6) is 0.634. The number of aromatic nitrogens is 2. The number of rotatable bonds is 6. The Morgan fingerprint density at radius 1 is 1.17 bits per heavy atom. The molecule has 5 rings (SSSR count). The van der Waals surface area contributed by atoms with Crippen molar-refractivity contribution in [1.29, 1.82) is 0 Å². The average molecular weight is 423 g/mol. The standard InChI is InChI=1S/C23H26N4O2S/c1-16-13-27(14-16)23(20-15-26(2)22-6-4-3-5-19(20)22)12-25-30(28,29)18-8-7-17-9-10-24-21(17)11-18/h3-11,15-16,23-25H,12-14H2,1-2H3/t23-/m1/s1. The molecule has 0 bridgehead atoms. The highest BCUT2D eigenvalue weighted by Gasteiger charge is 2.33. The molecule has 0 aliphatic carbocycles. The van der Waals surface area contributed by atoms with Crippen LogP contribution in [0.4, 0.5) is 0 Å². The fourth-order valence-corrected chi connectivity index (χ4v) is 5.61. The van der Waals surface area contributed by atoms with E-state index in [1.165, 1.54) is 10.9 Å². The van der Waals surface area contributed by atoms with Gasteiger partial charge in [-0.3, -0.25) is 4.90 Å². The number of sulfonamides is 1. The monoisotopic (exact) mass is 422 g/mol. The van der Waals surface area contributed by atoms with E-state index in [1.807, 2.05) is 37.5 Å². The molecule has 7 heteroatoms. The Hall–Kier alpha value is -2.61. The first kappa shape index (κ1) is 19.4. The van der Waals surface area contributed by atoms with Crippen molar-refractivity contribution in [3.05, 3.63) is 66.5 Å². The third-order valence-electron chi connectivity index (χ3n) is 6.12. The van der Waals surface area contributed by atoms with Crippen molar-refractivity contribution in [1.82, 2.24) is 19.2 Å². The Morgan fingerprint density at radius 2 is 1.97 bits per heavy atom. The van der Waals surface area contributed by atoms with Gasteiger partial charge in [-0.05, 0) is 41.1 Å². The van der Waals surface area contributed by atoms with E-state index >= 15 is 0 Å². The topological polar surface area (TPSA) is 70.1 Å². The Kier molecular flexibility index (Phi) is 4.69. The number of aryl methyl sites for hydroxylation is 1. The first-order valence-corrected chi connectivity index (χ1v) is 11.8. The van der Waals surface area contributed by atoms with Crippen LogP contribution in [0.1, 0.15) is 18.5 Å². The van der Waals surface area contributed by atoms with Gasteiger partial charge in [-0.2, -0.15) is 0 Å². The lowest BCUT2D eigenvalue weighted by Gasteiger charge is -2.43. The van der Waals surface area contributed by atoms with Crippen LogP contribution in [0.3, 0.4) is 0 Å². The van der Waals surface area contributed by atoms with E-state index in [0.29, 0.717) is 12.5 Å². The lowest BCUT2D eigenvalue weighted by Crippen LogP contribution is -2.50. The second-order valence-corrected chi connectivity index (χ2v) is 10.1. The third-order valence-corrected chi connectivity index (χ3v) is 7.54. The van der Waals surface area contributed by atoms with Crippen LogP contribution >= 0.6 is 0 Å². The Labute approximate surface area is 176 Å². The molecule has 0 radical (unpaired) electrons. The molecule has 0 amide bonds. The number of likely N-dealkylation sites (tertiary alicyclic amines) is 1. The fourth-order valence-electron chi connectivity index (χ4n) is 4.54. The highest BCUT2D eigenvalue weighted by atomic mass is 32.2. The Morgan fingerprint density at radius 3 is 2.77 bits per heavy atom. The number of hydrogen-bond acceptors (Lipinski definition) is 3. The van der Waals surface area contributed by atoms with E-state index < -0.39 is 10.0 Å². The van der Waals surface area contributed by atoms with E-state index in [-0.39, 0.29) is 10.9 Å². The average Bonchev–Trinajstić information content (AvgIpc) is 3.31. The first-order valence-electron chi connectivity index (χ1n) is 10.3. The van der Waals surface area contributed by atoms with Gasteiger partial charge in [0.1, 0.15) is 0 Å². The molecule has 1 fully saturated rings. The van der Waals surface area contributed by atoms with Gasteiger partial charge < -0.3 is 9.55 Å². The summed E-state index contributed by atoms with van der Waals surface area (Å²) in [5, 5.41) is 2.17. The van der Waals surface area contributed by atoms with Gasteiger partial charge in [0.05, 0.1) is 10.9 Å². The van der Waals surface area contributed by atoms with Crippen molar-refractivity contribution >= 4 is 31.8 Å². The van der Waals surface area contributed by atoms with Crippen LogP contribution in [-0.4, -0.2) is 42.5 Å². The van der Waals surface area contributed by atoms with Gasteiger partial charge in [-0.1, -0.05) is 31.2 Å². The van der Waals surface area contributed by atoms with Gasteiger partial charge in [0, 0.05) is 55.5 Å². The summed E-state index contributed by atoms with van der Waals surface area (Å²) in [5.41, 5.74) is 3.15. The van der Waals surface area contributed by atoms with E-state index in [1.54, 1.807) is 12.1 Å². The molecule has 0 saturated carbocycles. The minimum atomic E-state index is -3.61. The maximum Gasteiger partial charge on any atom is 0.240 e. The van der Waals surface area contributed by atoms with Crippen LogP contribution in [-0.2, 0) is 17.1 Å². The van der Waals surface area contributed by atoms with Gasteiger partial charge >= 0.3 is 0 Å². The van der Waals surface area contributed by atoms with Gasteiger partial charge in [0.15, 0.2) is 0 Å². The number of fused-ring (bicyclic) bond motifs is 2. The predicted octanol–water partition coefficient (Wildman–Crippen LogP) is 3.63. The Balaban J connectivity index is 1.45. The van der Waals surface area contributed by atoms with Crippen molar-refractivity contribution in [2.45, 2.75) is 17.9 Å². The zero-order valence-corrected chi connectivity index (χ0v) is 18.0. The Bertz CT molecular complexity index is 1320. The molecule has 3 heterocycles. The maximum atomic E-state index is 13.0. The molecule has 1 atom stereocenters. The molecular weight excluding hydrogens is 396 g/mol. The quantitative estimate of drug-likeness (QED) is 0.499. The van der Waals surface area contributed by atoms with Crippen LogP contribution in [0.2, 0.25) is 0 Å². The van der Waals surface area contributed by atoms with E-state index in [9.17, 15) is 8.42 Å². The van der Waals surface area contributed by atoms with E-state index in [2.05, 4.69) is 44.4 Å².